The molecule has 0 fully saturated rings. The smallest absolute Gasteiger partial charge is 0.263 e. The number of thiazole rings is 1. The predicted octanol–water partition coefficient (Wildman–Crippen LogP) is 5.21. The summed E-state index contributed by atoms with van der Waals surface area (Å²) in [5.41, 5.74) is 3.45. The lowest BCUT2D eigenvalue weighted by atomic mass is 10.1. The van der Waals surface area contributed by atoms with Crippen molar-refractivity contribution in [2.75, 3.05) is 4.72 Å². The molecule has 0 aliphatic rings. The van der Waals surface area contributed by atoms with Gasteiger partial charge in [-0.1, -0.05) is 18.2 Å². The van der Waals surface area contributed by atoms with Crippen LogP contribution in [0, 0.1) is 34.6 Å². The molecule has 0 bridgehead atoms. The second-order valence-electron chi connectivity index (χ2n) is 6.06. The van der Waals surface area contributed by atoms with E-state index in [4.69, 9.17) is 0 Å². The van der Waals surface area contributed by atoms with Gasteiger partial charge in [0, 0.05) is 9.75 Å². The van der Waals surface area contributed by atoms with Crippen LogP contribution in [-0.2, 0) is 10.0 Å². The minimum atomic E-state index is -3.64. The third kappa shape index (κ3) is 3.49. The fourth-order valence-corrected chi connectivity index (χ4v) is 6.34. The molecule has 4 nitrogen and oxygen atoms in total. The number of hydrogen-bond donors (Lipinski definition) is 1. The van der Waals surface area contributed by atoms with E-state index >= 15 is 0 Å². The van der Waals surface area contributed by atoms with Crippen molar-refractivity contribution >= 4 is 38.4 Å². The largest absolute Gasteiger partial charge is 0.279 e. The fraction of sp³-hybridized carbons (Fsp3) is 0.278. The summed E-state index contributed by atoms with van der Waals surface area (Å²) in [6.07, 6.45) is 0. The Morgan fingerprint density at radius 2 is 1.60 bits per heavy atom. The first-order chi connectivity index (χ1) is 11.7. The van der Waals surface area contributed by atoms with E-state index in [1.165, 1.54) is 11.3 Å². The van der Waals surface area contributed by atoms with Gasteiger partial charge in [0.15, 0.2) is 0 Å². The van der Waals surface area contributed by atoms with Gasteiger partial charge in [0.1, 0.15) is 9.90 Å². The summed E-state index contributed by atoms with van der Waals surface area (Å²) in [6.45, 7) is 9.63. The van der Waals surface area contributed by atoms with Crippen molar-refractivity contribution in [2.45, 2.75) is 39.5 Å². The number of para-hydroxylation sites is 1. The zero-order valence-electron chi connectivity index (χ0n) is 14.8. The molecule has 0 aliphatic heterocycles. The van der Waals surface area contributed by atoms with Crippen LogP contribution >= 0.6 is 22.7 Å². The summed E-state index contributed by atoms with van der Waals surface area (Å²) in [5.74, 6) is 0. The van der Waals surface area contributed by atoms with Crippen molar-refractivity contribution in [1.82, 2.24) is 4.98 Å². The number of aryl methyl sites for hydroxylation is 5. The number of nitrogens with one attached hydrogen (secondary N) is 1. The van der Waals surface area contributed by atoms with Crippen LogP contribution in [0.4, 0.5) is 5.69 Å². The van der Waals surface area contributed by atoms with Gasteiger partial charge < -0.3 is 0 Å². The molecule has 0 spiro atoms. The number of thiophene rings is 1. The maximum atomic E-state index is 12.9. The van der Waals surface area contributed by atoms with Crippen LogP contribution in [0.15, 0.2) is 29.2 Å². The quantitative estimate of drug-likeness (QED) is 0.663. The van der Waals surface area contributed by atoms with Crippen molar-refractivity contribution in [3.63, 3.8) is 0 Å². The first kappa shape index (κ1) is 18.1. The molecule has 0 amide bonds. The Bertz CT molecular complexity index is 1010. The van der Waals surface area contributed by atoms with Crippen LogP contribution in [0.5, 0.6) is 0 Å². The van der Waals surface area contributed by atoms with Crippen LogP contribution in [-0.4, -0.2) is 13.4 Å². The number of nitrogens with zero attached hydrogens (tertiary/aromatic N) is 1. The molecular weight excluding hydrogens is 372 g/mol. The number of anilines is 1. The topological polar surface area (TPSA) is 59.1 Å². The van der Waals surface area contributed by atoms with Gasteiger partial charge in [-0.3, -0.25) is 4.72 Å². The van der Waals surface area contributed by atoms with E-state index in [-0.39, 0.29) is 0 Å². The Morgan fingerprint density at radius 3 is 2.16 bits per heavy atom. The summed E-state index contributed by atoms with van der Waals surface area (Å²) in [4.78, 5) is 7.67. The molecule has 0 atom stereocenters. The maximum Gasteiger partial charge on any atom is 0.263 e. The highest BCUT2D eigenvalue weighted by Crippen LogP contribution is 2.37. The van der Waals surface area contributed by atoms with Gasteiger partial charge in [-0.15, -0.1) is 22.7 Å². The summed E-state index contributed by atoms with van der Waals surface area (Å²) in [5, 5.41) is 0.872. The molecule has 0 unspecified atom stereocenters. The van der Waals surface area contributed by atoms with E-state index in [9.17, 15) is 8.42 Å². The Hall–Kier alpha value is -1.70. The van der Waals surface area contributed by atoms with E-state index in [1.54, 1.807) is 17.4 Å². The molecule has 1 N–H and O–H groups in total. The van der Waals surface area contributed by atoms with Crippen molar-refractivity contribution < 1.29 is 8.42 Å². The SMILES string of the molecule is Cc1cccc(C)c1NS(=O)(=O)c1cc(-c2nc(C)c(C)s2)sc1C. The normalized spacial score (nSPS) is 11.7. The van der Waals surface area contributed by atoms with Crippen molar-refractivity contribution in [3.8, 4) is 9.88 Å². The second kappa shape index (κ2) is 6.55. The van der Waals surface area contributed by atoms with Gasteiger partial charge in [-0.05, 0) is 51.8 Å². The van der Waals surface area contributed by atoms with E-state index in [0.717, 1.165) is 36.5 Å². The first-order valence-corrected chi connectivity index (χ1v) is 10.9. The number of sulfonamides is 1. The maximum absolute atomic E-state index is 12.9. The molecule has 3 rings (SSSR count). The van der Waals surface area contributed by atoms with Crippen LogP contribution in [0.25, 0.3) is 9.88 Å². The number of benzene rings is 1. The predicted molar refractivity (Wildman–Crippen MR) is 106 cm³/mol. The lowest BCUT2D eigenvalue weighted by Crippen LogP contribution is -2.14. The first-order valence-electron chi connectivity index (χ1n) is 7.83. The van der Waals surface area contributed by atoms with Crippen molar-refractivity contribution in [1.29, 1.82) is 0 Å². The monoisotopic (exact) mass is 392 g/mol. The standard InChI is InChI=1S/C18H20N2O2S3/c1-10-7-6-8-11(2)17(10)20-25(21,22)16-9-15(23-14(16)5)18-19-12(3)13(4)24-18/h6-9,20H,1-5H3. The summed E-state index contributed by atoms with van der Waals surface area (Å²) < 4.78 is 28.6. The lowest BCUT2D eigenvalue weighted by Gasteiger charge is -2.12. The average Bonchev–Trinajstić information content (AvgIpc) is 3.07. The Morgan fingerprint density at radius 1 is 0.960 bits per heavy atom. The lowest BCUT2D eigenvalue weighted by molar-refractivity contribution is 0.601. The molecule has 1 aromatic carbocycles. The van der Waals surface area contributed by atoms with Gasteiger partial charge in [-0.2, -0.15) is 0 Å². The summed E-state index contributed by atoms with van der Waals surface area (Å²) in [6, 6.07) is 7.45. The van der Waals surface area contributed by atoms with E-state index in [1.807, 2.05) is 52.8 Å². The van der Waals surface area contributed by atoms with E-state index in [2.05, 4.69) is 9.71 Å². The summed E-state index contributed by atoms with van der Waals surface area (Å²) >= 11 is 3.06. The molecule has 2 heterocycles. The van der Waals surface area contributed by atoms with E-state index < -0.39 is 10.0 Å². The highest BCUT2D eigenvalue weighted by molar-refractivity contribution is 7.93. The second-order valence-corrected chi connectivity index (χ2v) is 10.2. The van der Waals surface area contributed by atoms with Crippen LogP contribution in [0.1, 0.15) is 26.6 Å². The number of aromatic nitrogens is 1. The Kier molecular flexibility index (Phi) is 4.74. The zero-order valence-corrected chi connectivity index (χ0v) is 17.2. The van der Waals surface area contributed by atoms with Gasteiger partial charge in [0.25, 0.3) is 10.0 Å². The molecule has 3 aromatic rings. The number of hydrogen-bond acceptors (Lipinski definition) is 5. The molecule has 0 saturated carbocycles. The third-order valence-electron chi connectivity index (χ3n) is 4.12. The Balaban J connectivity index is 2.01. The van der Waals surface area contributed by atoms with Gasteiger partial charge >= 0.3 is 0 Å². The molecule has 132 valence electrons. The average molecular weight is 393 g/mol. The molecule has 2 aromatic heterocycles. The minimum absolute atomic E-state index is 0.320. The van der Waals surface area contributed by atoms with E-state index in [0.29, 0.717) is 10.6 Å². The van der Waals surface area contributed by atoms with Gasteiger partial charge in [0.05, 0.1) is 16.3 Å². The zero-order chi connectivity index (χ0) is 18.4. The Labute approximate surface area is 156 Å². The van der Waals surface area contributed by atoms with Gasteiger partial charge in [0.2, 0.25) is 0 Å². The molecular formula is C18H20N2O2S3. The van der Waals surface area contributed by atoms with Crippen molar-refractivity contribution in [3.05, 3.63) is 50.8 Å². The van der Waals surface area contributed by atoms with Crippen LogP contribution in [0.2, 0.25) is 0 Å². The molecule has 0 saturated heterocycles. The highest BCUT2D eigenvalue weighted by atomic mass is 32.2. The highest BCUT2D eigenvalue weighted by Gasteiger charge is 2.23. The summed E-state index contributed by atoms with van der Waals surface area (Å²) in [7, 11) is -3.64. The van der Waals surface area contributed by atoms with Gasteiger partial charge in [-0.25, -0.2) is 13.4 Å². The molecule has 0 aliphatic carbocycles. The van der Waals surface area contributed by atoms with Crippen molar-refractivity contribution in [2.24, 2.45) is 0 Å². The van der Waals surface area contributed by atoms with Crippen LogP contribution in [0.3, 0.4) is 0 Å². The minimum Gasteiger partial charge on any atom is -0.279 e. The van der Waals surface area contributed by atoms with Crippen LogP contribution < -0.4 is 4.72 Å². The third-order valence-corrected chi connectivity index (χ3v) is 8.02. The molecule has 7 heteroatoms. The molecule has 0 radical (unpaired) electrons. The fourth-order valence-electron chi connectivity index (χ4n) is 2.58. The molecule has 25 heavy (non-hydrogen) atoms. The number of rotatable bonds is 4.